The fourth-order valence-corrected chi connectivity index (χ4v) is 3.93. The second-order valence-electron chi connectivity index (χ2n) is 7.88. The van der Waals surface area contributed by atoms with Crippen molar-refractivity contribution in [2.75, 3.05) is 40.0 Å². The number of hydrogen-bond acceptors (Lipinski definition) is 4. The van der Waals surface area contributed by atoms with Gasteiger partial charge in [0.05, 0.1) is 13.7 Å². The SMILES string of the molecule is CCOCCCNC(=NCc1ccc(OC)cc1)NCC1(CCO)CCCCC1. The van der Waals surface area contributed by atoms with Crippen molar-refractivity contribution in [1.29, 1.82) is 0 Å². The van der Waals surface area contributed by atoms with Crippen LogP contribution in [0.3, 0.4) is 0 Å². The Morgan fingerprint density at radius 1 is 1.14 bits per heavy atom. The summed E-state index contributed by atoms with van der Waals surface area (Å²) in [6, 6.07) is 8.02. The van der Waals surface area contributed by atoms with Gasteiger partial charge in [-0.05, 0) is 55.7 Å². The molecule has 0 atom stereocenters. The van der Waals surface area contributed by atoms with Crippen LogP contribution < -0.4 is 15.4 Å². The van der Waals surface area contributed by atoms with E-state index in [0.717, 1.165) is 56.4 Å². The van der Waals surface area contributed by atoms with Gasteiger partial charge in [-0.2, -0.15) is 0 Å². The first-order chi connectivity index (χ1) is 14.2. The molecule has 29 heavy (non-hydrogen) atoms. The largest absolute Gasteiger partial charge is 0.497 e. The lowest BCUT2D eigenvalue weighted by Crippen LogP contribution is -2.45. The molecule has 1 aliphatic carbocycles. The summed E-state index contributed by atoms with van der Waals surface area (Å²) in [4.78, 5) is 4.79. The van der Waals surface area contributed by atoms with Gasteiger partial charge in [-0.3, -0.25) is 0 Å². The number of methoxy groups -OCH3 is 1. The Morgan fingerprint density at radius 3 is 2.55 bits per heavy atom. The van der Waals surface area contributed by atoms with Crippen molar-refractivity contribution in [1.82, 2.24) is 10.6 Å². The molecule has 6 heteroatoms. The highest BCUT2D eigenvalue weighted by atomic mass is 16.5. The van der Waals surface area contributed by atoms with E-state index in [1.54, 1.807) is 7.11 Å². The van der Waals surface area contributed by atoms with Gasteiger partial charge in [-0.15, -0.1) is 0 Å². The van der Waals surface area contributed by atoms with Gasteiger partial charge in [0.25, 0.3) is 0 Å². The van der Waals surface area contributed by atoms with Gasteiger partial charge >= 0.3 is 0 Å². The summed E-state index contributed by atoms with van der Waals surface area (Å²) < 4.78 is 10.7. The summed E-state index contributed by atoms with van der Waals surface area (Å²) in [5.74, 6) is 1.69. The van der Waals surface area contributed by atoms with Crippen LogP contribution in [0.4, 0.5) is 0 Å². The molecular formula is C23H39N3O3. The minimum atomic E-state index is 0.181. The van der Waals surface area contributed by atoms with Crippen LogP contribution in [0.15, 0.2) is 29.3 Å². The van der Waals surface area contributed by atoms with Gasteiger partial charge < -0.3 is 25.2 Å². The molecule has 1 fully saturated rings. The number of aliphatic imine (C=N–C) groups is 1. The maximum absolute atomic E-state index is 9.57. The number of aliphatic hydroxyl groups excluding tert-OH is 1. The summed E-state index contributed by atoms with van der Waals surface area (Å²) in [5.41, 5.74) is 1.32. The first-order valence-electron chi connectivity index (χ1n) is 11.0. The molecule has 0 spiro atoms. The lowest BCUT2D eigenvalue weighted by molar-refractivity contribution is 0.131. The molecule has 1 saturated carbocycles. The summed E-state index contributed by atoms with van der Waals surface area (Å²) in [6.45, 7) is 6.06. The number of benzene rings is 1. The molecule has 1 aromatic carbocycles. The highest BCUT2D eigenvalue weighted by Crippen LogP contribution is 2.38. The minimum absolute atomic E-state index is 0.181. The third-order valence-electron chi connectivity index (χ3n) is 5.73. The third kappa shape index (κ3) is 8.62. The van der Waals surface area contributed by atoms with Crippen LogP contribution in [0.25, 0.3) is 0 Å². The average molecular weight is 406 g/mol. The molecule has 0 aromatic heterocycles. The van der Waals surface area contributed by atoms with Gasteiger partial charge in [0, 0.05) is 32.9 Å². The van der Waals surface area contributed by atoms with Crippen LogP contribution in [0.5, 0.6) is 5.75 Å². The standard InChI is InChI=1S/C23H39N3O3/c1-3-29-17-7-15-24-22(25-18-20-8-10-21(28-2)11-9-20)26-19-23(14-16-27)12-5-4-6-13-23/h8-11,27H,3-7,12-19H2,1-2H3,(H2,24,25,26). The van der Waals surface area contributed by atoms with E-state index in [9.17, 15) is 5.11 Å². The maximum atomic E-state index is 9.57. The molecule has 1 aromatic rings. The van der Waals surface area contributed by atoms with Crippen LogP contribution in [0.1, 0.15) is 57.4 Å². The Balaban J connectivity index is 1.96. The summed E-state index contributed by atoms with van der Waals surface area (Å²) in [7, 11) is 1.68. The number of rotatable bonds is 12. The van der Waals surface area contributed by atoms with Crippen molar-refractivity contribution in [3.05, 3.63) is 29.8 Å². The van der Waals surface area contributed by atoms with E-state index in [2.05, 4.69) is 10.6 Å². The van der Waals surface area contributed by atoms with Crippen molar-refractivity contribution in [2.24, 2.45) is 10.4 Å². The summed E-state index contributed by atoms with van der Waals surface area (Å²) in [6.07, 6.45) is 7.97. The lowest BCUT2D eigenvalue weighted by Gasteiger charge is -2.37. The Hall–Kier alpha value is -1.79. The van der Waals surface area contributed by atoms with E-state index in [-0.39, 0.29) is 12.0 Å². The van der Waals surface area contributed by atoms with Crippen molar-refractivity contribution in [3.63, 3.8) is 0 Å². The quantitative estimate of drug-likeness (QED) is 0.282. The smallest absolute Gasteiger partial charge is 0.191 e. The number of nitrogens with zero attached hydrogens (tertiary/aromatic N) is 1. The normalized spacial score (nSPS) is 16.4. The van der Waals surface area contributed by atoms with Crippen LogP contribution in [0.2, 0.25) is 0 Å². The molecule has 1 aliphatic rings. The number of aliphatic hydroxyl groups is 1. The van der Waals surface area contributed by atoms with Crippen LogP contribution in [-0.4, -0.2) is 51.1 Å². The average Bonchev–Trinajstić information content (AvgIpc) is 2.76. The van der Waals surface area contributed by atoms with Crippen LogP contribution in [-0.2, 0) is 11.3 Å². The van der Waals surface area contributed by atoms with Gasteiger partial charge in [-0.25, -0.2) is 4.99 Å². The zero-order valence-corrected chi connectivity index (χ0v) is 18.2. The molecular weight excluding hydrogens is 366 g/mol. The number of nitrogens with one attached hydrogen (secondary N) is 2. The molecule has 164 valence electrons. The van der Waals surface area contributed by atoms with Crippen LogP contribution in [0, 0.1) is 5.41 Å². The lowest BCUT2D eigenvalue weighted by atomic mass is 9.72. The number of hydrogen-bond donors (Lipinski definition) is 3. The van der Waals surface area contributed by atoms with E-state index >= 15 is 0 Å². The van der Waals surface area contributed by atoms with Gasteiger partial charge in [-0.1, -0.05) is 31.4 Å². The van der Waals surface area contributed by atoms with E-state index < -0.39 is 0 Å². The van der Waals surface area contributed by atoms with E-state index in [4.69, 9.17) is 14.5 Å². The topological polar surface area (TPSA) is 75.1 Å². The van der Waals surface area contributed by atoms with E-state index in [1.165, 1.54) is 32.1 Å². The molecule has 2 rings (SSSR count). The minimum Gasteiger partial charge on any atom is -0.497 e. The van der Waals surface area contributed by atoms with Crippen LogP contribution >= 0.6 is 0 Å². The van der Waals surface area contributed by atoms with E-state index in [0.29, 0.717) is 6.54 Å². The first kappa shape index (κ1) is 23.5. The van der Waals surface area contributed by atoms with Crippen molar-refractivity contribution >= 4 is 5.96 Å². The first-order valence-corrected chi connectivity index (χ1v) is 11.0. The fourth-order valence-electron chi connectivity index (χ4n) is 3.93. The predicted octanol–water partition coefficient (Wildman–Crippen LogP) is 3.49. The summed E-state index contributed by atoms with van der Waals surface area (Å²) in [5, 5.41) is 16.6. The molecule has 0 heterocycles. The van der Waals surface area contributed by atoms with Gasteiger partial charge in [0.1, 0.15) is 5.75 Å². The van der Waals surface area contributed by atoms with Gasteiger partial charge in [0.15, 0.2) is 5.96 Å². The van der Waals surface area contributed by atoms with Crippen molar-refractivity contribution in [2.45, 2.75) is 58.4 Å². The molecule has 0 amide bonds. The maximum Gasteiger partial charge on any atom is 0.191 e. The zero-order chi connectivity index (χ0) is 20.8. The molecule has 6 nitrogen and oxygen atoms in total. The number of guanidine groups is 1. The Kier molecular flexibility index (Phi) is 10.9. The fraction of sp³-hybridized carbons (Fsp3) is 0.696. The molecule has 0 bridgehead atoms. The van der Waals surface area contributed by atoms with Crippen molar-refractivity contribution in [3.8, 4) is 5.75 Å². The van der Waals surface area contributed by atoms with Gasteiger partial charge in [0.2, 0.25) is 0 Å². The Labute approximate surface area is 176 Å². The monoisotopic (exact) mass is 405 g/mol. The number of ether oxygens (including phenoxy) is 2. The molecule has 0 saturated heterocycles. The molecule has 0 aliphatic heterocycles. The summed E-state index contributed by atoms with van der Waals surface area (Å²) >= 11 is 0. The highest BCUT2D eigenvalue weighted by Gasteiger charge is 2.31. The third-order valence-corrected chi connectivity index (χ3v) is 5.73. The zero-order valence-electron chi connectivity index (χ0n) is 18.2. The molecule has 3 N–H and O–H groups in total. The van der Waals surface area contributed by atoms with Crippen molar-refractivity contribution < 1.29 is 14.6 Å². The second-order valence-corrected chi connectivity index (χ2v) is 7.88. The Bertz CT molecular complexity index is 578. The Morgan fingerprint density at radius 2 is 1.90 bits per heavy atom. The highest BCUT2D eigenvalue weighted by molar-refractivity contribution is 5.79. The molecule has 0 unspecified atom stereocenters. The molecule has 0 radical (unpaired) electrons. The van der Waals surface area contributed by atoms with E-state index in [1.807, 2.05) is 31.2 Å². The predicted molar refractivity (Wildman–Crippen MR) is 118 cm³/mol. The second kappa shape index (κ2) is 13.4.